The van der Waals surface area contributed by atoms with Crippen LogP contribution in [0.5, 0.6) is 0 Å². The Hall–Kier alpha value is -1.12. The first kappa shape index (κ1) is 13.3. The van der Waals surface area contributed by atoms with E-state index in [1.165, 1.54) is 0 Å². The van der Waals surface area contributed by atoms with Crippen LogP contribution in [0.1, 0.15) is 18.4 Å². The molecule has 1 aliphatic rings. The van der Waals surface area contributed by atoms with Gasteiger partial charge in [-0.2, -0.15) is 5.26 Å². The Balaban J connectivity index is 2.01. The molecule has 1 fully saturated rings. The minimum atomic E-state index is -0.386. The summed E-state index contributed by atoms with van der Waals surface area (Å²) in [6.45, 7) is 2.84. The average Bonchev–Trinajstić information content (AvgIpc) is 2.42. The van der Waals surface area contributed by atoms with E-state index in [4.69, 9.17) is 5.26 Å². The van der Waals surface area contributed by atoms with Crippen LogP contribution in [0.15, 0.2) is 16.6 Å². The van der Waals surface area contributed by atoms with Crippen LogP contribution >= 0.6 is 15.9 Å². The summed E-state index contributed by atoms with van der Waals surface area (Å²) in [6, 6.07) is 5.19. The highest BCUT2D eigenvalue weighted by Crippen LogP contribution is 2.27. The number of hydrogen-bond donors (Lipinski definition) is 2. The maximum absolute atomic E-state index is 13.9. The summed E-state index contributed by atoms with van der Waals surface area (Å²) in [5.74, 6) is 0.197. The molecule has 1 aromatic carbocycles. The van der Waals surface area contributed by atoms with Gasteiger partial charge in [-0.3, -0.25) is 0 Å². The highest BCUT2D eigenvalue weighted by atomic mass is 79.9. The zero-order valence-corrected chi connectivity index (χ0v) is 11.6. The van der Waals surface area contributed by atoms with Gasteiger partial charge in [0.15, 0.2) is 5.82 Å². The quantitative estimate of drug-likeness (QED) is 0.902. The van der Waals surface area contributed by atoms with E-state index in [2.05, 4.69) is 26.6 Å². The van der Waals surface area contributed by atoms with Crippen molar-refractivity contribution in [1.82, 2.24) is 5.32 Å². The molecule has 0 amide bonds. The Bertz CT molecular complexity index is 464. The Morgan fingerprint density at radius 3 is 2.83 bits per heavy atom. The van der Waals surface area contributed by atoms with E-state index < -0.39 is 0 Å². The molecular weight excluding hydrogens is 297 g/mol. The number of anilines is 1. The number of rotatable bonds is 3. The first-order valence-electron chi connectivity index (χ1n) is 6.05. The number of piperidine rings is 1. The third-order valence-electron chi connectivity index (χ3n) is 3.24. The summed E-state index contributed by atoms with van der Waals surface area (Å²) >= 11 is 3.11. The van der Waals surface area contributed by atoms with Crippen molar-refractivity contribution in [2.75, 3.05) is 25.0 Å². The fraction of sp³-hybridized carbons (Fsp3) is 0.462. The van der Waals surface area contributed by atoms with Crippen LogP contribution in [0, 0.1) is 23.1 Å². The van der Waals surface area contributed by atoms with Crippen LogP contribution in [0.4, 0.5) is 10.1 Å². The number of nitrogens with zero attached hydrogens (tertiary/aromatic N) is 1. The van der Waals surface area contributed by atoms with Gasteiger partial charge in [0.25, 0.3) is 0 Å². The first-order chi connectivity index (χ1) is 8.72. The number of nitrogens with one attached hydrogen (secondary N) is 2. The number of halogens is 2. The predicted octanol–water partition coefficient (Wildman–Crippen LogP) is 2.87. The summed E-state index contributed by atoms with van der Waals surface area (Å²) < 4.78 is 14.2. The van der Waals surface area contributed by atoms with Gasteiger partial charge in [-0.1, -0.05) is 0 Å². The molecule has 1 aromatic rings. The Morgan fingerprint density at radius 2 is 2.17 bits per heavy atom. The summed E-state index contributed by atoms with van der Waals surface area (Å²) in [7, 11) is 0. The van der Waals surface area contributed by atoms with E-state index in [1.807, 2.05) is 6.07 Å². The SMILES string of the molecule is N#Cc1ccc(NCC2CCNCC2)c(F)c1Br. The van der Waals surface area contributed by atoms with E-state index in [9.17, 15) is 4.39 Å². The van der Waals surface area contributed by atoms with Gasteiger partial charge in [0, 0.05) is 6.54 Å². The molecule has 1 aliphatic heterocycles. The van der Waals surface area contributed by atoms with Crippen LogP contribution in [0.2, 0.25) is 0 Å². The average molecular weight is 312 g/mol. The molecule has 1 saturated heterocycles. The number of nitriles is 1. The van der Waals surface area contributed by atoms with Gasteiger partial charge >= 0.3 is 0 Å². The molecule has 2 N–H and O–H groups in total. The summed E-state index contributed by atoms with van der Waals surface area (Å²) in [5, 5.41) is 15.2. The zero-order valence-electron chi connectivity index (χ0n) is 9.97. The second-order valence-corrected chi connectivity index (χ2v) is 5.27. The topological polar surface area (TPSA) is 47.9 Å². The third-order valence-corrected chi connectivity index (χ3v) is 4.02. The van der Waals surface area contributed by atoms with Crippen molar-refractivity contribution in [2.24, 2.45) is 5.92 Å². The van der Waals surface area contributed by atoms with E-state index in [-0.39, 0.29) is 10.3 Å². The highest BCUT2D eigenvalue weighted by Gasteiger charge is 2.15. The molecule has 0 atom stereocenters. The third kappa shape index (κ3) is 3.01. The fourth-order valence-corrected chi connectivity index (χ4v) is 2.55. The molecule has 0 aliphatic carbocycles. The minimum Gasteiger partial charge on any atom is -0.382 e. The van der Waals surface area contributed by atoms with E-state index >= 15 is 0 Å². The molecular formula is C13H15BrFN3. The first-order valence-corrected chi connectivity index (χ1v) is 6.84. The van der Waals surface area contributed by atoms with Crippen LogP contribution in [0.25, 0.3) is 0 Å². The van der Waals surface area contributed by atoms with Crippen LogP contribution in [-0.2, 0) is 0 Å². The lowest BCUT2D eigenvalue weighted by Crippen LogP contribution is -2.31. The number of benzene rings is 1. The fourth-order valence-electron chi connectivity index (χ4n) is 2.11. The molecule has 5 heteroatoms. The van der Waals surface area contributed by atoms with Gasteiger partial charge in [-0.15, -0.1) is 0 Å². The maximum Gasteiger partial charge on any atom is 0.161 e. The second-order valence-electron chi connectivity index (χ2n) is 4.47. The normalized spacial score (nSPS) is 16.3. The lowest BCUT2D eigenvalue weighted by Gasteiger charge is -2.23. The molecule has 3 nitrogen and oxygen atoms in total. The van der Waals surface area contributed by atoms with Crippen LogP contribution < -0.4 is 10.6 Å². The largest absolute Gasteiger partial charge is 0.382 e. The van der Waals surface area contributed by atoms with E-state index in [0.29, 0.717) is 17.2 Å². The summed E-state index contributed by atoms with van der Waals surface area (Å²) in [5.41, 5.74) is 0.777. The van der Waals surface area contributed by atoms with Crippen molar-refractivity contribution in [2.45, 2.75) is 12.8 Å². The van der Waals surface area contributed by atoms with Crippen molar-refractivity contribution in [3.63, 3.8) is 0 Å². The zero-order chi connectivity index (χ0) is 13.0. The standard InChI is InChI=1S/C13H15BrFN3/c14-12-10(7-16)1-2-11(13(12)15)18-8-9-3-5-17-6-4-9/h1-2,9,17-18H,3-6,8H2. The van der Waals surface area contributed by atoms with Gasteiger partial charge in [0.05, 0.1) is 15.7 Å². The van der Waals surface area contributed by atoms with Gasteiger partial charge in [0.2, 0.25) is 0 Å². The maximum atomic E-state index is 13.9. The Kier molecular flexibility index (Phi) is 4.56. The Labute approximate surface area is 115 Å². The van der Waals surface area contributed by atoms with Gasteiger partial charge in [-0.05, 0) is 59.9 Å². The smallest absolute Gasteiger partial charge is 0.161 e. The monoisotopic (exact) mass is 311 g/mol. The van der Waals surface area contributed by atoms with E-state index in [0.717, 1.165) is 32.5 Å². The second kappa shape index (κ2) is 6.17. The van der Waals surface area contributed by atoms with Crippen molar-refractivity contribution < 1.29 is 4.39 Å². The van der Waals surface area contributed by atoms with Crippen molar-refractivity contribution >= 4 is 21.6 Å². The lowest BCUT2D eigenvalue weighted by molar-refractivity contribution is 0.389. The molecule has 96 valence electrons. The van der Waals surface area contributed by atoms with Crippen molar-refractivity contribution in [3.8, 4) is 6.07 Å². The van der Waals surface area contributed by atoms with Crippen molar-refractivity contribution in [1.29, 1.82) is 5.26 Å². The van der Waals surface area contributed by atoms with Crippen LogP contribution in [0.3, 0.4) is 0 Å². The number of hydrogen-bond acceptors (Lipinski definition) is 3. The molecule has 1 heterocycles. The molecule has 0 bridgehead atoms. The molecule has 0 spiro atoms. The van der Waals surface area contributed by atoms with Gasteiger partial charge in [0.1, 0.15) is 6.07 Å². The minimum absolute atomic E-state index is 0.236. The van der Waals surface area contributed by atoms with Gasteiger partial charge < -0.3 is 10.6 Å². The molecule has 2 rings (SSSR count). The lowest BCUT2D eigenvalue weighted by atomic mass is 9.98. The summed E-state index contributed by atoms with van der Waals surface area (Å²) in [6.07, 6.45) is 2.23. The molecule has 18 heavy (non-hydrogen) atoms. The molecule has 0 unspecified atom stereocenters. The molecule has 0 saturated carbocycles. The summed E-state index contributed by atoms with van der Waals surface area (Å²) in [4.78, 5) is 0. The van der Waals surface area contributed by atoms with E-state index in [1.54, 1.807) is 12.1 Å². The van der Waals surface area contributed by atoms with Gasteiger partial charge in [-0.25, -0.2) is 4.39 Å². The van der Waals surface area contributed by atoms with Crippen molar-refractivity contribution in [3.05, 3.63) is 28.0 Å². The molecule has 0 aromatic heterocycles. The predicted molar refractivity (Wildman–Crippen MR) is 72.9 cm³/mol. The highest BCUT2D eigenvalue weighted by molar-refractivity contribution is 9.10. The Morgan fingerprint density at radius 1 is 1.44 bits per heavy atom. The van der Waals surface area contributed by atoms with Crippen LogP contribution in [-0.4, -0.2) is 19.6 Å². The molecule has 0 radical (unpaired) electrons.